The third kappa shape index (κ3) is 2.57. The van der Waals surface area contributed by atoms with E-state index in [1.807, 2.05) is 26.0 Å². The van der Waals surface area contributed by atoms with Gasteiger partial charge in [-0.25, -0.2) is 0 Å². The van der Waals surface area contributed by atoms with Crippen molar-refractivity contribution in [3.05, 3.63) is 23.8 Å². The summed E-state index contributed by atoms with van der Waals surface area (Å²) in [6.45, 7) is 3.76. The van der Waals surface area contributed by atoms with Gasteiger partial charge in [-0.1, -0.05) is 13.0 Å². The van der Waals surface area contributed by atoms with Crippen molar-refractivity contribution < 1.29 is 4.21 Å². The molecule has 4 heteroatoms. The van der Waals surface area contributed by atoms with Crippen molar-refractivity contribution in [3.8, 4) is 6.07 Å². The van der Waals surface area contributed by atoms with Crippen LogP contribution in [-0.4, -0.2) is 9.46 Å². The molecule has 1 aromatic rings. The summed E-state index contributed by atoms with van der Waals surface area (Å²) in [7, 11) is -1.33. The number of nitrogens with zero attached hydrogens (tertiary/aromatic N) is 1. The van der Waals surface area contributed by atoms with E-state index in [-0.39, 0.29) is 0 Å². The predicted molar refractivity (Wildman–Crippen MR) is 61.7 cm³/mol. The van der Waals surface area contributed by atoms with Gasteiger partial charge < -0.3 is 5.73 Å². The third-order valence-electron chi connectivity index (χ3n) is 2.16. The highest BCUT2D eigenvalue weighted by molar-refractivity contribution is 7.86. The van der Waals surface area contributed by atoms with Gasteiger partial charge in [0.2, 0.25) is 0 Å². The zero-order chi connectivity index (χ0) is 11.4. The molecule has 0 aliphatic heterocycles. The molecule has 0 fully saturated rings. The zero-order valence-electron chi connectivity index (χ0n) is 8.86. The number of anilines is 1. The Hall–Kier alpha value is -1.34. The fraction of sp³-hybridized carbons (Fsp3) is 0.364. The second kappa shape index (κ2) is 4.94. The van der Waals surface area contributed by atoms with E-state index in [2.05, 4.69) is 0 Å². The van der Waals surface area contributed by atoms with E-state index < -0.39 is 16.0 Å². The molecular weight excluding hydrogens is 208 g/mol. The number of benzene rings is 1. The molecule has 0 bridgehead atoms. The molecule has 0 aliphatic carbocycles. The Bertz CT molecular complexity index is 423. The Morgan fingerprint density at radius 2 is 2.27 bits per heavy atom. The maximum absolute atomic E-state index is 12.0. The molecule has 0 aromatic heterocycles. The number of rotatable bonds is 3. The number of nitriles is 1. The van der Waals surface area contributed by atoms with Crippen molar-refractivity contribution in [3.63, 3.8) is 0 Å². The topological polar surface area (TPSA) is 66.9 Å². The molecular formula is C11H14N2OS. The van der Waals surface area contributed by atoms with Gasteiger partial charge in [-0.2, -0.15) is 5.26 Å². The van der Waals surface area contributed by atoms with Crippen molar-refractivity contribution in [2.75, 3.05) is 5.73 Å². The Morgan fingerprint density at radius 3 is 2.80 bits per heavy atom. The van der Waals surface area contributed by atoms with Gasteiger partial charge in [0, 0.05) is 5.69 Å². The number of nitrogens with two attached hydrogens (primary N) is 1. The highest BCUT2D eigenvalue weighted by Gasteiger charge is 2.17. The lowest BCUT2D eigenvalue weighted by molar-refractivity contribution is 0.676. The number of hydrogen-bond acceptors (Lipinski definition) is 3. The minimum atomic E-state index is -1.33. The summed E-state index contributed by atoms with van der Waals surface area (Å²) >= 11 is 0. The summed E-state index contributed by atoms with van der Waals surface area (Å²) in [6, 6.07) is 7.42. The van der Waals surface area contributed by atoms with E-state index in [1.165, 1.54) is 0 Å². The molecule has 0 aliphatic rings. The molecule has 3 nitrogen and oxygen atoms in total. The summed E-state index contributed by atoms with van der Waals surface area (Å²) in [5.74, 6) is 0. The van der Waals surface area contributed by atoms with Gasteiger partial charge in [0.15, 0.2) is 0 Å². The van der Waals surface area contributed by atoms with Crippen molar-refractivity contribution >= 4 is 16.5 Å². The standard InChI is InChI=1S/C11H14N2OS/c1-3-9(7-12)15(14)11-6-8(2)4-5-10(11)13/h4-6,9H,3,13H2,1-2H3. The van der Waals surface area contributed by atoms with Crippen LogP contribution in [0.25, 0.3) is 0 Å². The van der Waals surface area contributed by atoms with Gasteiger partial charge in [0.25, 0.3) is 0 Å². The van der Waals surface area contributed by atoms with Crippen LogP contribution in [0.15, 0.2) is 23.1 Å². The summed E-state index contributed by atoms with van der Waals surface area (Å²) in [5.41, 5.74) is 7.23. The largest absolute Gasteiger partial charge is 0.398 e. The van der Waals surface area contributed by atoms with Crippen LogP contribution in [-0.2, 0) is 10.8 Å². The van der Waals surface area contributed by atoms with Crippen LogP contribution in [0.2, 0.25) is 0 Å². The van der Waals surface area contributed by atoms with Crippen molar-refractivity contribution in [1.29, 1.82) is 5.26 Å². The van der Waals surface area contributed by atoms with E-state index >= 15 is 0 Å². The molecule has 2 atom stereocenters. The van der Waals surface area contributed by atoms with Crippen molar-refractivity contribution in [1.82, 2.24) is 0 Å². The van der Waals surface area contributed by atoms with Crippen LogP contribution in [0.3, 0.4) is 0 Å². The van der Waals surface area contributed by atoms with Gasteiger partial charge in [-0.05, 0) is 31.0 Å². The second-order valence-electron chi connectivity index (χ2n) is 3.36. The molecule has 1 aromatic carbocycles. The fourth-order valence-electron chi connectivity index (χ4n) is 1.26. The summed E-state index contributed by atoms with van der Waals surface area (Å²) in [6.07, 6.45) is 0.566. The van der Waals surface area contributed by atoms with E-state index in [9.17, 15) is 4.21 Å². The third-order valence-corrected chi connectivity index (χ3v) is 3.90. The van der Waals surface area contributed by atoms with E-state index in [1.54, 1.807) is 12.1 Å². The molecule has 0 radical (unpaired) electrons. The van der Waals surface area contributed by atoms with Crippen LogP contribution in [0.4, 0.5) is 5.69 Å². The van der Waals surface area contributed by atoms with Gasteiger partial charge in [-0.15, -0.1) is 0 Å². The Kier molecular flexibility index (Phi) is 3.87. The molecule has 0 amide bonds. The van der Waals surface area contributed by atoms with Crippen molar-refractivity contribution in [2.45, 2.75) is 30.4 Å². The van der Waals surface area contributed by atoms with E-state index in [0.29, 0.717) is 17.0 Å². The SMILES string of the molecule is CCC(C#N)S(=O)c1cc(C)ccc1N. The number of hydrogen-bond donors (Lipinski definition) is 1. The van der Waals surface area contributed by atoms with Gasteiger partial charge >= 0.3 is 0 Å². The minimum absolute atomic E-state index is 0.478. The quantitative estimate of drug-likeness (QED) is 0.795. The summed E-state index contributed by atoms with van der Waals surface area (Å²) in [4.78, 5) is 0.573. The molecule has 2 unspecified atom stereocenters. The Labute approximate surface area is 92.4 Å². The average Bonchev–Trinajstić information content (AvgIpc) is 2.23. The summed E-state index contributed by atoms with van der Waals surface area (Å²) < 4.78 is 12.0. The Morgan fingerprint density at radius 1 is 1.60 bits per heavy atom. The van der Waals surface area contributed by atoms with Gasteiger partial charge in [0.1, 0.15) is 5.25 Å². The smallest absolute Gasteiger partial charge is 0.126 e. The molecule has 1 rings (SSSR count). The molecule has 15 heavy (non-hydrogen) atoms. The second-order valence-corrected chi connectivity index (χ2v) is 4.97. The van der Waals surface area contributed by atoms with Gasteiger partial charge in [-0.3, -0.25) is 4.21 Å². The maximum atomic E-state index is 12.0. The molecule has 80 valence electrons. The van der Waals surface area contributed by atoms with Crippen LogP contribution in [0.5, 0.6) is 0 Å². The minimum Gasteiger partial charge on any atom is -0.398 e. The molecule has 2 N–H and O–H groups in total. The van der Waals surface area contributed by atoms with Crippen LogP contribution in [0.1, 0.15) is 18.9 Å². The first-order valence-electron chi connectivity index (χ1n) is 4.76. The predicted octanol–water partition coefficient (Wildman–Crippen LogP) is 1.99. The molecule has 0 spiro atoms. The summed E-state index contributed by atoms with van der Waals surface area (Å²) in [5, 5.41) is 8.36. The lowest BCUT2D eigenvalue weighted by Crippen LogP contribution is -2.13. The fourth-order valence-corrected chi connectivity index (χ4v) is 2.57. The lowest BCUT2D eigenvalue weighted by Gasteiger charge is -2.09. The first-order chi connectivity index (χ1) is 7.10. The number of nitrogen functional groups attached to an aromatic ring is 1. The van der Waals surface area contributed by atoms with Crippen LogP contribution in [0, 0.1) is 18.3 Å². The molecule has 0 saturated heterocycles. The normalized spacial score (nSPS) is 14.2. The number of aryl methyl sites for hydroxylation is 1. The lowest BCUT2D eigenvalue weighted by atomic mass is 10.2. The molecule has 0 heterocycles. The van der Waals surface area contributed by atoms with Gasteiger partial charge in [0.05, 0.1) is 21.8 Å². The zero-order valence-corrected chi connectivity index (χ0v) is 9.67. The highest BCUT2D eigenvalue weighted by Crippen LogP contribution is 2.21. The molecule has 0 saturated carbocycles. The van der Waals surface area contributed by atoms with Crippen molar-refractivity contribution in [2.24, 2.45) is 0 Å². The average molecular weight is 222 g/mol. The monoisotopic (exact) mass is 222 g/mol. The maximum Gasteiger partial charge on any atom is 0.126 e. The first-order valence-corrected chi connectivity index (χ1v) is 5.97. The van der Waals surface area contributed by atoms with Crippen LogP contribution >= 0.6 is 0 Å². The van der Waals surface area contributed by atoms with Crippen LogP contribution < -0.4 is 5.73 Å². The van der Waals surface area contributed by atoms with E-state index in [0.717, 1.165) is 5.56 Å². The Balaban J connectivity index is 3.11. The highest BCUT2D eigenvalue weighted by atomic mass is 32.2. The van der Waals surface area contributed by atoms with E-state index in [4.69, 9.17) is 11.0 Å². The first kappa shape index (κ1) is 11.7.